The first-order valence-electron chi connectivity index (χ1n) is 18.7. The van der Waals surface area contributed by atoms with Gasteiger partial charge >= 0.3 is 0 Å². The molecule has 0 atom stereocenters. The van der Waals surface area contributed by atoms with E-state index in [-0.39, 0.29) is 27.8 Å². The Morgan fingerprint density at radius 2 is 1.40 bits per heavy atom. The Morgan fingerprint density at radius 3 is 2.16 bits per heavy atom. The van der Waals surface area contributed by atoms with Crippen molar-refractivity contribution in [1.29, 1.82) is 5.26 Å². The van der Waals surface area contributed by atoms with Crippen LogP contribution in [0.15, 0.2) is 109 Å². The van der Waals surface area contributed by atoms with Gasteiger partial charge in [-0.2, -0.15) is 10.4 Å². The molecular formula is C48H37N9. The lowest BCUT2D eigenvalue weighted by Gasteiger charge is -2.20. The van der Waals surface area contributed by atoms with E-state index in [0.717, 1.165) is 55.2 Å². The zero-order chi connectivity index (χ0) is 39.8. The second-order valence-corrected chi connectivity index (χ2v) is 16.5. The predicted octanol–water partition coefficient (Wildman–Crippen LogP) is 12.3. The van der Waals surface area contributed by atoms with Crippen molar-refractivity contribution in [3.8, 4) is 40.2 Å². The highest BCUT2D eigenvalue weighted by molar-refractivity contribution is 6.11. The lowest BCUT2D eigenvalue weighted by molar-refractivity contribution is 0.588. The summed E-state index contributed by atoms with van der Waals surface area (Å²) in [5.74, 6) is 0.864. The molecule has 9 aromatic rings. The Kier molecular flexibility index (Phi) is 7.88. The van der Waals surface area contributed by atoms with Crippen molar-refractivity contribution in [3.05, 3.63) is 149 Å². The minimum Gasteiger partial charge on any atom is -0.294 e. The summed E-state index contributed by atoms with van der Waals surface area (Å²) in [7, 11) is 0. The zero-order valence-electron chi connectivity index (χ0n) is 32.5. The number of hydrogen-bond acceptors (Lipinski definition) is 4. The van der Waals surface area contributed by atoms with Crippen molar-refractivity contribution in [2.24, 2.45) is 0 Å². The van der Waals surface area contributed by atoms with E-state index in [2.05, 4.69) is 155 Å². The van der Waals surface area contributed by atoms with Crippen molar-refractivity contribution in [2.75, 3.05) is 0 Å². The molecule has 0 spiro atoms. The first-order chi connectivity index (χ1) is 27.4. The number of nitrogens with zero attached hydrogens (tertiary/aromatic N) is 8. The molecule has 9 heteroatoms. The number of aromatic amines is 1. The summed E-state index contributed by atoms with van der Waals surface area (Å²) >= 11 is 0. The van der Waals surface area contributed by atoms with E-state index in [1.165, 1.54) is 23.3 Å². The maximum absolute atomic E-state index is 9.96. The highest BCUT2D eigenvalue weighted by Gasteiger charge is 2.23. The van der Waals surface area contributed by atoms with E-state index in [1.807, 2.05) is 18.3 Å². The van der Waals surface area contributed by atoms with Crippen LogP contribution in [0.5, 0.6) is 0 Å². The van der Waals surface area contributed by atoms with Gasteiger partial charge in [-0.05, 0) is 88.7 Å². The van der Waals surface area contributed by atoms with E-state index in [4.69, 9.17) is 23.1 Å². The normalized spacial score (nSPS) is 12.0. The molecule has 5 heterocycles. The van der Waals surface area contributed by atoms with Crippen molar-refractivity contribution >= 4 is 55.1 Å². The van der Waals surface area contributed by atoms with Gasteiger partial charge in [0.1, 0.15) is 11.5 Å². The minimum atomic E-state index is -0.0594. The number of nitriles is 1. The van der Waals surface area contributed by atoms with Gasteiger partial charge in [0, 0.05) is 44.6 Å². The molecule has 0 amide bonds. The predicted molar refractivity (Wildman–Crippen MR) is 228 cm³/mol. The highest BCUT2D eigenvalue weighted by Crippen LogP contribution is 2.40. The molecule has 9 nitrogen and oxygen atoms in total. The van der Waals surface area contributed by atoms with Crippen LogP contribution in [-0.2, 0) is 10.8 Å². The maximum atomic E-state index is 9.96. The first kappa shape index (κ1) is 35.2. The molecule has 0 aliphatic carbocycles. The number of para-hydroxylation sites is 1. The average Bonchev–Trinajstić information content (AvgIpc) is 3.92. The molecule has 0 fully saturated rings. The van der Waals surface area contributed by atoms with E-state index < -0.39 is 0 Å². The lowest BCUT2D eigenvalue weighted by Crippen LogP contribution is -2.12. The fourth-order valence-corrected chi connectivity index (χ4v) is 7.82. The molecule has 0 radical (unpaired) electrons. The van der Waals surface area contributed by atoms with E-state index in [1.54, 1.807) is 0 Å². The van der Waals surface area contributed by atoms with Gasteiger partial charge < -0.3 is 0 Å². The number of pyridine rings is 2. The lowest BCUT2D eigenvalue weighted by atomic mass is 9.86. The van der Waals surface area contributed by atoms with Gasteiger partial charge in [-0.15, -0.1) is 0 Å². The van der Waals surface area contributed by atoms with Crippen LogP contribution in [0.25, 0.3) is 87.6 Å². The Hall–Kier alpha value is -7.54. The first-order valence-corrected chi connectivity index (χ1v) is 18.7. The summed E-state index contributed by atoms with van der Waals surface area (Å²) in [6, 6.07) is 37.1. The average molecular weight is 740 g/mol. The van der Waals surface area contributed by atoms with Crippen LogP contribution in [-0.4, -0.2) is 29.3 Å². The van der Waals surface area contributed by atoms with Crippen LogP contribution in [0.3, 0.4) is 0 Å². The number of benzene rings is 4. The van der Waals surface area contributed by atoms with Crippen LogP contribution < -0.4 is 0 Å². The molecule has 0 bridgehead atoms. The molecule has 0 unspecified atom stereocenters. The third kappa shape index (κ3) is 5.70. The molecule has 9 rings (SSSR count). The summed E-state index contributed by atoms with van der Waals surface area (Å²) in [6.07, 6.45) is 1.90. The van der Waals surface area contributed by atoms with Crippen molar-refractivity contribution in [3.63, 3.8) is 0 Å². The Labute approximate surface area is 330 Å². The summed E-state index contributed by atoms with van der Waals surface area (Å²) < 4.78 is 4.49. The van der Waals surface area contributed by atoms with Crippen LogP contribution in [0.2, 0.25) is 0 Å². The van der Waals surface area contributed by atoms with E-state index >= 15 is 0 Å². The monoisotopic (exact) mass is 739 g/mol. The van der Waals surface area contributed by atoms with Gasteiger partial charge in [-0.25, -0.2) is 19.7 Å². The third-order valence-electron chi connectivity index (χ3n) is 10.8. The summed E-state index contributed by atoms with van der Waals surface area (Å²) in [6.45, 7) is 28.5. The second-order valence-electron chi connectivity index (χ2n) is 16.5. The molecule has 5 aromatic heterocycles. The molecule has 57 heavy (non-hydrogen) atoms. The number of fused-ring (bicyclic) bond motifs is 6. The quantitative estimate of drug-likeness (QED) is 0.182. The molecule has 1 N–H and O–H groups in total. The summed E-state index contributed by atoms with van der Waals surface area (Å²) in [5, 5.41) is 22.0. The van der Waals surface area contributed by atoms with E-state index in [9.17, 15) is 5.26 Å². The number of H-pyrrole nitrogens is 1. The molecular weight excluding hydrogens is 703 g/mol. The fourth-order valence-electron chi connectivity index (χ4n) is 7.82. The molecule has 0 aliphatic heterocycles. The standard InChI is InChI=1S/C48H37N9/c1-47(2,3)29-13-18-42-36(22-29)35-16-17-37(38-26-40(55-54-38)45-28(27-49)21-31(50-7)24-39(45)51-8)53-46(35)56(42)32-14-15-34-33-11-9-10-12-41(33)57(43(34)25-32)44-23-30(19-20-52-44)48(4,5)6/h9-26H,1-6H3,(H,54,55). The van der Waals surface area contributed by atoms with Crippen LogP contribution in [0, 0.1) is 24.5 Å². The minimum absolute atomic E-state index is 0.0460. The van der Waals surface area contributed by atoms with Gasteiger partial charge in [0.05, 0.1) is 52.8 Å². The summed E-state index contributed by atoms with van der Waals surface area (Å²) in [5.41, 5.74) is 9.98. The largest absolute Gasteiger partial charge is 0.294 e. The number of hydrogen-bond donors (Lipinski definition) is 1. The van der Waals surface area contributed by atoms with Gasteiger partial charge in [0.15, 0.2) is 11.4 Å². The zero-order valence-corrected chi connectivity index (χ0v) is 32.5. The topological polar surface area (TPSA) is 96.8 Å². The highest BCUT2D eigenvalue weighted by atomic mass is 15.1. The molecule has 0 saturated carbocycles. The number of rotatable bonds is 4. The molecule has 274 valence electrons. The third-order valence-corrected chi connectivity index (χ3v) is 10.8. The summed E-state index contributed by atoms with van der Waals surface area (Å²) in [4.78, 5) is 17.3. The van der Waals surface area contributed by atoms with Crippen molar-refractivity contribution < 1.29 is 0 Å². The van der Waals surface area contributed by atoms with Crippen LogP contribution in [0.4, 0.5) is 11.4 Å². The van der Waals surface area contributed by atoms with Gasteiger partial charge in [0.2, 0.25) is 0 Å². The van der Waals surface area contributed by atoms with Crippen LogP contribution >= 0.6 is 0 Å². The smallest absolute Gasteiger partial charge is 0.187 e. The van der Waals surface area contributed by atoms with Gasteiger partial charge in [-0.1, -0.05) is 77.9 Å². The Morgan fingerprint density at radius 1 is 0.667 bits per heavy atom. The molecule has 4 aromatic carbocycles. The van der Waals surface area contributed by atoms with Gasteiger partial charge in [0.25, 0.3) is 0 Å². The second kappa shape index (κ2) is 12.8. The fraction of sp³-hybridized carbons (Fsp3) is 0.167. The number of nitrogens with one attached hydrogen (secondary N) is 1. The number of aromatic nitrogens is 6. The Bertz CT molecular complexity index is 3210. The van der Waals surface area contributed by atoms with Gasteiger partial charge in [-0.3, -0.25) is 14.2 Å². The van der Waals surface area contributed by atoms with E-state index in [0.29, 0.717) is 22.6 Å². The molecule has 0 aliphatic rings. The SMILES string of the molecule is [C-]#[N+]c1cc(C#N)c(-c2cc(-c3ccc4c5cc(C(C)(C)C)ccc5n(-c5ccc6c7ccccc7n(-c7cc(C(C)(C)C)ccn7)c6c5)c4n3)[nH]n2)c([N+]#[C-])c1. The van der Waals surface area contributed by atoms with Crippen molar-refractivity contribution in [2.45, 2.75) is 52.4 Å². The molecule has 0 saturated heterocycles. The van der Waals surface area contributed by atoms with Crippen LogP contribution in [0.1, 0.15) is 58.2 Å². The Balaban J connectivity index is 1.28. The van der Waals surface area contributed by atoms with Crippen molar-refractivity contribution in [1.82, 2.24) is 29.3 Å². The maximum Gasteiger partial charge on any atom is 0.187 e.